The molecule has 1 fully saturated rings. The van der Waals surface area contributed by atoms with E-state index in [-0.39, 0.29) is 17.9 Å². The van der Waals surface area contributed by atoms with E-state index in [2.05, 4.69) is 30.6 Å². The molecule has 2 N–H and O–H groups in total. The Morgan fingerprint density at radius 3 is 2.52 bits per heavy atom. The topological polar surface area (TPSA) is 108 Å². The highest BCUT2D eigenvalue weighted by atomic mass is 35.5. The molecule has 0 unspecified atom stereocenters. The van der Waals surface area contributed by atoms with Gasteiger partial charge in [-0.1, -0.05) is 23.2 Å². The molecule has 206 valence electrons. The van der Waals surface area contributed by atoms with Gasteiger partial charge in [0.05, 0.1) is 33.8 Å². The van der Waals surface area contributed by atoms with Gasteiger partial charge in [0, 0.05) is 54.8 Å². The van der Waals surface area contributed by atoms with Crippen LogP contribution in [0.4, 0.5) is 17.3 Å². The Morgan fingerprint density at radius 1 is 1.07 bits per heavy atom. The summed E-state index contributed by atoms with van der Waals surface area (Å²) < 4.78 is 1.60. The molecule has 2 aromatic heterocycles. The van der Waals surface area contributed by atoms with Crippen molar-refractivity contribution in [2.24, 2.45) is 0 Å². The van der Waals surface area contributed by atoms with Gasteiger partial charge in [-0.25, -0.2) is 14.6 Å². The van der Waals surface area contributed by atoms with E-state index in [9.17, 15) is 9.59 Å². The van der Waals surface area contributed by atoms with Crippen molar-refractivity contribution in [2.75, 3.05) is 37.9 Å². The van der Waals surface area contributed by atoms with Crippen molar-refractivity contribution in [2.45, 2.75) is 18.9 Å². The predicted molar refractivity (Wildman–Crippen MR) is 157 cm³/mol. The number of hydrogen-bond donors (Lipinski definition) is 2. The van der Waals surface area contributed by atoms with Gasteiger partial charge in [0.25, 0.3) is 5.91 Å². The van der Waals surface area contributed by atoms with Gasteiger partial charge < -0.3 is 20.4 Å². The van der Waals surface area contributed by atoms with Crippen LogP contribution in [0.25, 0.3) is 16.9 Å². The Bertz CT molecular complexity index is 1550. The summed E-state index contributed by atoms with van der Waals surface area (Å²) in [6.07, 6.45) is 6.36. The molecule has 2 amide bonds. The summed E-state index contributed by atoms with van der Waals surface area (Å²) in [5, 5.41) is 10.9. The monoisotopic (exact) mass is 578 g/mol. The van der Waals surface area contributed by atoms with E-state index < -0.39 is 0 Å². The highest BCUT2D eigenvalue weighted by Crippen LogP contribution is 2.30. The van der Waals surface area contributed by atoms with Crippen molar-refractivity contribution in [3.05, 3.63) is 76.7 Å². The quantitative estimate of drug-likeness (QED) is 0.324. The molecule has 0 radical (unpaired) electrons. The van der Waals surface area contributed by atoms with Crippen molar-refractivity contribution in [3.8, 4) is 16.9 Å². The number of nitrogens with one attached hydrogen (secondary N) is 2. The number of aromatic nitrogens is 4. The van der Waals surface area contributed by atoms with E-state index in [0.717, 1.165) is 17.8 Å². The van der Waals surface area contributed by atoms with Crippen LogP contribution in [0, 0.1) is 0 Å². The Hall–Kier alpha value is -3.99. The molecule has 4 aromatic rings. The highest BCUT2D eigenvalue weighted by molar-refractivity contribution is 6.33. The number of halogens is 2. The molecule has 0 saturated carbocycles. The number of rotatable bonds is 7. The molecule has 2 aromatic carbocycles. The highest BCUT2D eigenvalue weighted by Gasteiger charge is 2.27. The molecule has 10 nitrogen and oxygen atoms in total. The van der Waals surface area contributed by atoms with Crippen molar-refractivity contribution < 1.29 is 9.59 Å². The van der Waals surface area contributed by atoms with Crippen molar-refractivity contribution in [1.29, 1.82) is 0 Å². The zero-order valence-corrected chi connectivity index (χ0v) is 23.7. The van der Waals surface area contributed by atoms with Crippen molar-refractivity contribution in [3.63, 3.8) is 0 Å². The number of anilines is 3. The fourth-order valence-electron chi connectivity index (χ4n) is 4.57. The third-order valence-electron chi connectivity index (χ3n) is 6.85. The molecule has 0 bridgehead atoms. The molecule has 3 heterocycles. The first kappa shape index (κ1) is 27.6. The van der Waals surface area contributed by atoms with E-state index in [1.165, 1.54) is 6.20 Å². The number of amides is 2. The maximum absolute atomic E-state index is 12.7. The van der Waals surface area contributed by atoms with Crippen LogP contribution in [-0.2, 0) is 4.79 Å². The molecular formula is C28H28Cl2N8O2. The maximum atomic E-state index is 12.7. The van der Waals surface area contributed by atoms with Gasteiger partial charge in [-0.15, -0.1) is 0 Å². The third kappa shape index (κ3) is 5.79. The summed E-state index contributed by atoms with van der Waals surface area (Å²) in [6, 6.07) is 12.9. The minimum Gasteiger partial charge on any atom is -0.355 e. The molecule has 5 rings (SSSR count). The predicted octanol–water partition coefficient (Wildman–Crippen LogP) is 4.80. The molecule has 0 aliphatic carbocycles. The van der Waals surface area contributed by atoms with Crippen LogP contribution in [0.15, 0.2) is 61.1 Å². The standard InChI is InChI=1S/C28H28Cl2N8O2/c1-31-27(40)17-4-9-24(22(29)12-17)38-16-18(14-33-38)26-23(30)15-32-28(35-26)34-19-5-7-20(8-6-19)37-11-10-21(36(2)3)13-25(37)39/h4-9,12,14-16,21H,10-11,13H2,1-3H3,(H,31,40)(H,32,34,35)/t21-/m0/s1. The molecule has 40 heavy (non-hydrogen) atoms. The van der Waals surface area contributed by atoms with Gasteiger partial charge in [-0.3, -0.25) is 9.59 Å². The van der Waals surface area contributed by atoms with Crippen LogP contribution in [0.5, 0.6) is 0 Å². The molecule has 1 aliphatic heterocycles. The van der Waals surface area contributed by atoms with Gasteiger partial charge in [-0.05, 0) is 63.0 Å². The maximum Gasteiger partial charge on any atom is 0.251 e. The summed E-state index contributed by atoms with van der Waals surface area (Å²) in [5.74, 6) is 0.256. The average molecular weight is 579 g/mol. The van der Waals surface area contributed by atoms with E-state index in [4.69, 9.17) is 23.2 Å². The smallest absolute Gasteiger partial charge is 0.251 e. The molecule has 12 heteroatoms. The van der Waals surface area contributed by atoms with Gasteiger partial charge in [-0.2, -0.15) is 5.10 Å². The Morgan fingerprint density at radius 2 is 1.85 bits per heavy atom. The number of benzene rings is 2. The Balaban J connectivity index is 1.31. The lowest BCUT2D eigenvalue weighted by Gasteiger charge is -2.34. The van der Waals surface area contributed by atoms with E-state index in [1.54, 1.807) is 42.3 Å². The first-order valence-corrected chi connectivity index (χ1v) is 13.4. The fraction of sp³-hybridized carbons (Fsp3) is 0.250. The molecular weight excluding hydrogens is 551 g/mol. The lowest BCUT2D eigenvalue weighted by atomic mass is 10.0. The number of piperidine rings is 1. The van der Waals surface area contributed by atoms with Gasteiger partial charge >= 0.3 is 0 Å². The van der Waals surface area contributed by atoms with Crippen LogP contribution in [0.1, 0.15) is 23.2 Å². The molecule has 1 atom stereocenters. The number of nitrogens with zero attached hydrogens (tertiary/aromatic N) is 6. The number of carbonyl (C=O) groups excluding carboxylic acids is 2. The number of carbonyl (C=O) groups is 2. The first-order chi connectivity index (χ1) is 19.2. The second kappa shape index (κ2) is 11.6. The summed E-state index contributed by atoms with van der Waals surface area (Å²) >= 11 is 12.9. The molecule has 1 aliphatic rings. The second-order valence-corrected chi connectivity index (χ2v) is 10.5. The third-order valence-corrected chi connectivity index (χ3v) is 7.43. The van der Waals surface area contributed by atoms with E-state index in [1.807, 2.05) is 43.3 Å². The normalized spacial score (nSPS) is 15.4. The van der Waals surface area contributed by atoms with E-state index >= 15 is 0 Å². The van der Waals surface area contributed by atoms with Crippen LogP contribution in [0.2, 0.25) is 10.0 Å². The van der Waals surface area contributed by atoms with Crippen LogP contribution in [0.3, 0.4) is 0 Å². The average Bonchev–Trinajstić information content (AvgIpc) is 3.43. The van der Waals surface area contributed by atoms with Crippen molar-refractivity contribution >= 4 is 52.3 Å². The van der Waals surface area contributed by atoms with E-state index in [0.29, 0.717) is 51.5 Å². The molecule has 1 saturated heterocycles. The molecule has 0 spiro atoms. The summed E-state index contributed by atoms with van der Waals surface area (Å²) in [6.45, 7) is 0.690. The van der Waals surface area contributed by atoms with Crippen LogP contribution < -0.4 is 15.5 Å². The first-order valence-electron chi connectivity index (χ1n) is 12.7. The summed E-state index contributed by atoms with van der Waals surface area (Å²) in [4.78, 5) is 37.4. The second-order valence-electron chi connectivity index (χ2n) is 9.64. The largest absolute Gasteiger partial charge is 0.355 e. The number of hydrogen-bond acceptors (Lipinski definition) is 7. The van der Waals surface area contributed by atoms with Gasteiger partial charge in [0.2, 0.25) is 11.9 Å². The fourth-order valence-corrected chi connectivity index (χ4v) is 5.04. The lowest BCUT2D eigenvalue weighted by molar-refractivity contribution is -0.120. The minimum absolute atomic E-state index is 0.126. The summed E-state index contributed by atoms with van der Waals surface area (Å²) in [5.41, 5.74) is 3.85. The lowest BCUT2D eigenvalue weighted by Crippen LogP contribution is -2.45. The Kier molecular flexibility index (Phi) is 8.02. The van der Waals surface area contributed by atoms with Crippen molar-refractivity contribution in [1.82, 2.24) is 30.0 Å². The SMILES string of the molecule is CNC(=O)c1ccc(-n2cc(-c3nc(Nc4ccc(N5CC[C@H](N(C)C)CC5=O)cc4)ncc3Cl)cn2)c(Cl)c1. The Labute approximate surface area is 241 Å². The zero-order chi connectivity index (χ0) is 28.4. The minimum atomic E-state index is -0.227. The summed E-state index contributed by atoms with van der Waals surface area (Å²) in [7, 11) is 5.58. The zero-order valence-electron chi connectivity index (χ0n) is 22.2. The van der Waals surface area contributed by atoms with Crippen LogP contribution >= 0.6 is 23.2 Å². The van der Waals surface area contributed by atoms with Gasteiger partial charge in [0.1, 0.15) is 0 Å². The van der Waals surface area contributed by atoms with Crippen LogP contribution in [-0.4, -0.2) is 70.2 Å². The van der Waals surface area contributed by atoms with Gasteiger partial charge in [0.15, 0.2) is 0 Å².